The van der Waals surface area contributed by atoms with E-state index < -0.39 is 68.7 Å². The molecule has 4 saturated carbocycles. The van der Waals surface area contributed by atoms with Crippen LogP contribution in [0.2, 0.25) is 0 Å². The van der Waals surface area contributed by atoms with E-state index >= 15 is 0 Å². The van der Waals surface area contributed by atoms with Crippen LogP contribution in [-0.4, -0.2) is 97.0 Å². The number of sulfonamides is 1. The largest absolute Gasteiger partial charge is 0.486 e. The van der Waals surface area contributed by atoms with Gasteiger partial charge in [-0.05, 0) is 99.2 Å². The normalized spacial score (nSPS) is 36.2. The molecule has 4 aliphatic carbocycles. The van der Waals surface area contributed by atoms with Crippen LogP contribution in [0.1, 0.15) is 82.8 Å². The molecular formula is C42H59N5O10S. The SMILES string of the molecule is CC1C2CC(OC(=O)N[C@@H]3C(=O)N4C[C@H](Oc5nccc6c7c(ccc56)OCCO7)C[C@H]4C(=O)N[C@]4(C(=O)NS(=O)(=O)C5CC5)C[C@H]4/C=C\CC[C@H](C)C[C@H]3C)CC12.[HH].[HH].[HH]. The molecule has 58 heavy (non-hydrogen) atoms. The number of amides is 4. The summed E-state index contributed by atoms with van der Waals surface area (Å²) in [4.78, 5) is 62.9. The predicted octanol–water partition coefficient (Wildman–Crippen LogP) is 4.73. The number of ether oxygens (including phenoxy) is 4. The van der Waals surface area contributed by atoms with Gasteiger partial charge in [0.05, 0.1) is 11.8 Å². The van der Waals surface area contributed by atoms with Crippen LogP contribution in [0.3, 0.4) is 0 Å². The quantitative estimate of drug-likeness (QED) is 0.327. The van der Waals surface area contributed by atoms with Gasteiger partial charge >= 0.3 is 6.09 Å². The highest BCUT2D eigenvalue weighted by atomic mass is 32.2. The molecule has 5 fully saturated rings. The molecule has 2 unspecified atom stereocenters. The molecule has 15 nitrogen and oxygen atoms in total. The topological polar surface area (TPSA) is 192 Å². The zero-order valence-electron chi connectivity index (χ0n) is 33.2. The third-order valence-electron chi connectivity index (χ3n) is 13.7. The molecule has 4 amide bonds. The fraction of sp³-hybridized carbons (Fsp3) is 0.643. The Bertz CT molecular complexity index is 2150. The van der Waals surface area contributed by atoms with E-state index in [2.05, 4.69) is 34.2 Å². The molecular weight excluding hydrogens is 767 g/mol. The van der Waals surface area contributed by atoms with Crippen LogP contribution >= 0.6 is 0 Å². The second kappa shape index (κ2) is 14.9. The second-order valence-corrected chi connectivity index (χ2v) is 19.8. The zero-order valence-corrected chi connectivity index (χ0v) is 34.0. The molecule has 16 heteroatoms. The van der Waals surface area contributed by atoms with Crippen LogP contribution in [0.5, 0.6) is 17.4 Å². The van der Waals surface area contributed by atoms with Crippen LogP contribution < -0.4 is 29.6 Å². The summed E-state index contributed by atoms with van der Waals surface area (Å²) in [6, 6.07) is 3.30. The highest BCUT2D eigenvalue weighted by Crippen LogP contribution is 2.57. The average molecular weight is 826 g/mol. The van der Waals surface area contributed by atoms with Crippen LogP contribution in [0, 0.1) is 35.5 Å². The van der Waals surface area contributed by atoms with Gasteiger partial charge in [-0.1, -0.05) is 32.9 Å². The summed E-state index contributed by atoms with van der Waals surface area (Å²) < 4.78 is 52.3. The van der Waals surface area contributed by atoms with Crippen LogP contribution in [0.15, 0.2) is 36.5 Å². The summed E-state index contributed by atoms with van der Waals surface area (Å²) in [5.74, 6) is 0.807. The number of hydrogen-bond donors (Lipinski definition) is 3. The minimum absolute atomic E-state index is 0. The minimum Gasteiger partial charge on any atom is -0.486 e. The summed E-state index contributed by atoms with van der Waals surface area (Å²) in [5.41, 5.74) is -1.51. The first-order chi connectivity index (χ1) is 27.8. The van der Waals surface area contributed by atoms with Gasteiger partial charge < -0.3 is 34.5 Å². The van der Waals surface area contributed by atoms with Gasteiger partial charge in [-0.25, -0.2) is 18.2 Å². The van der Waals surface area contributed by atoms with Crippen molar-refractivity contribution in [1.29, 1.82) is 0 Å². The number of nitrogens with zero attached hydrogens (tertiary/aromatic N) is 2. The van der Waals surface area contributed by atoms with E-state index in [9.17, 15) is 27.6 Å². The molecule has 9 atom stereocenters. The average Bonchev–Trinajstić information content (AvgIpc) is 4.15. The van der Waals surface area contributed by atoms with Crippen molar-refractivity contribution in [3.8, 4) is 17.4 Å². The predicted molar refractivity (Wildman–Crippen MR) is 217 cm³/mol. The molecule has 7 aliphatic rings. The number of nitrogens with one attached hydrogen (secondary N) is 3. The molecule has 4 heterocycles. The van der Waals surface area contributed by atoms with Crippen LogP contribution in [0.25, 0.3) is 10.8 Å². The van der Waals surface area contributed by atoms with Crippen molar-refractivity contribution in [2.45, 2.75) is 114 Å². The summed E-state index contributed by atoms with van der Waals surface area (Å²) in [5, 5.41) is 6.62. The number of fused-ring (bicyclic) bond motifs is 6. The lowest BCUT2D eigenvalue weighted by Crippen LogP contribution is -2.59. The summed E-state index contributed by atoms with van der Waals surface area (Å²) in [7, 11) is -3.90. The third-order valence-corrected chi connectivity index (χ3v) is 15.5. The molecule has 3 N–H and O–H groups in total. The molecule has 9 rings (SSSR count). The molecule has 1 saturated heterocycles. The summed E-state index contributed by atoms with van der Waals surface area (Å²) in [6.45, 7) is 7.07. The van der Waals surface area contributed by atoms with Crippen LogP contribution in [0.4, 0.5) is 4.79 Å². The Morgan fingerprint density at radius 2 is 1.76 bits per heavy atom. The number of pyridine rings is 1. The van der Waals surface area contributed by atoms with E-state index in [0.717, 1.165) is 24.6 Å². The van der Waals surface area contributed by atoms with Gasteiger partial charge in [0, 0.05) is 33.6 Å². The van der Waals surface area contributed by atoms with Crippen molar-refractivity contribution in [3.05, 3.63) is 36.5 Å². The van der Waals surface area contributed by atoms with E-state index in [4.69, 9.17) is 18.9 Å². The molecule has 318 valence electrons. The number of rotatable bonds is 7. The number of aromatic nitrogens is 1. The lowest BCUT2D eigenvalue weighted by molar-refractivity contribution is -0.142. The lowest BCUT2D eigenvalue weighted by Gasteiger charge is -2.33. The van der Waals surface area contributed by atoms with E-state index in [1.54, 1.807) is 12.3 Å². The van der Waals surface area contributed by atoms with Crippen LogP contribution in [-0.2, 0) is 29.1 Å². The Morgan fingerprint density at radius 1 is 0.983 bits per heavy atom. The Hall–Kier alpha value is -4.60. The molecule has 0 radical (unpaired) electrons. The molecule has 3 aliphatic heterocycles. The Kier molecular flexibility index (Phi) is 9.99. The first kappa shape index (κ1) is 38.9. The summed E-state index contributed by atoms with van der Waals surface area (Å²) in [6.07, 6.45) is 8.80. The number of carbonyl (C=O) groups excluding carboxylic acids is 4. The monoisotopic (exact) mass is 825 g/mol. The van der Waals surface area contributed by atoms with Crippen molar-refractivity contribution < 1.29 is 50.8 Å². The van der Waals surface area contributed by atoms with Crippen molar-refractivity contribution in [3.63, 3.8) is 0 Å². The maximum absolute atomic E-state index is 15.0. The van der Waals surface area contributed by atoms with E-state index in [1.807, 2.05) is 31.2 Å². The van der Waals surface area contributed by atoms with Gasteiger partial charge in [0.1, 0.15) is 43.0 Å². The Labute approximate surface area is 342 Å². The maximum atomic E-state index is 15.0. The highest BCUT2D eigenvalue weighted by Gasteiger charge is 2.62. The standard InChI is InChI=1S/C42H53N5O10S.3H2/c1-22-6-4-5-7-25-20-42(25,40(50)46-58(52,53)28-8-9-28)45-37(48)33-19-27(56-38-30-10-11-34-36(55-15-14-54-34)29(30)12-13-43-38)21-47(33)39(49)35(23(2)16-22)44-41(51)57-26-17-31-24(3)32(31)18-26;;;/h5,7,10-13,22-28,31-33,35H,4,6,8-9,14-21H2,1-3H3,(H,44,51)(H,45,48)(H,46,50);3*1H/b7-5-;;;/t22-,23+,24?,25+,26?,27+,31?,32?,33-,35-,42+;;;/m0.../s1. The number of carbonyl (C=O) groups is 4. The number of alkyl carbamates (subject to hydrolysis) is 1. The molecule has 2 aromatic rings. The highest BCUT2D eigenvalue weighted by molar-refractivity contribution is 7.91. The van der Waals surface area contributed by atoms with Crippen molar-refractivity contribution in [2.24, 2.45) is 35.5 Å². The smallest absolute Gasteiger partial charge is 0.408 e. The molecule has 1 aromatic heterocycles. The summed E-state index contributed by atoms with van der Waals surface area (Å²) >= 11 is 0. The first-order valence-corrected chi connectivity index (χ1v) is 22.5. The number of hydrogen-bond acceptors (Lipinski definition) is 11. The van der Waals surface area contributed by atoms with Gasteiger partial charge in [-0.3, -0.25) is 19.1 Å². The van der Waals surface area contributed by atoms with Gasteiger partial charge in [0.2, 0.25) is 27.7 Å². The van der Waals surface area contributed by atoms with Gasteiger partial charge in [-0.2, -0.15) is 0 Å². The van der Waals surface area contributed by atoms with Crippen molar-refractivity contribution in [1.82, 2.24) is 25.2 Å². The van der Waals surface area contributed by atoms with E-state index in [0.29, 0.717) is 73.5 Å². The third kappa shape index (κ3) is 7.45. The fourth-order valence-electron chi connectivity index (χ4n) is 10.0. The second-order valence-electron chi connectivity index (χ2n) is 17.9. The Morgan fingerprint density at radius 3 is 2.53 bits per heavy atom. The van der Waals surface area contributed by atoms with E-state index in [-0.39, 0.29) is 47.5 Å². The molecule has 0 spiro atoms. The van der Waals surface area contributed by atoms with Gasteiger partial charge in [0.25, 0.3) is 5.91 Å². The van der Waals surface area contributed by atoms with E-state index in [1.165, 1.54) is 4.90 Å². The van der Waals surface area contributed by atoms with Crippen molar-refractivity contribution in [2.75, 3.05) is 19.8 Å². The lowest BCUT2D eigenvalue weighted by atomic mass is 9.88. The first-order valence-electron chi connectivity index (χ1n) is 21.0. The molecule has 0 bridgehead atoms. The van der Waals surface area contributed by atoms with Crippen molar-refractivity contribution >= 4 is 44.6 Å². The number of allylic oxidation sites excluding steroid dienone is 1. The fourth-order valence-corrected chi connectivity index (χ4v) is 11.4. The van der Waals surface area contributed by atoms with Gasteiger partial charge in [0.15, 0.2) is 11.5 Å². The maximum Gasteiger partial charge on any atom is 0.408 e. The molecule has 1 aromatic carbocycles. The Balaban J connectivity index is 0.00000207. The zero-order chi connectivity index (χ0) is 40.5. The van der Waals surface area contributed by atoms with Gasteiger partial charge in [-0.15, -0.1) is 0 Å². The minimum atomic E-state index is -3.90. The number of benzene rings is 1.